The predicted octanol–water partition coefficient (Wildman–Crippen LogP) is 2.61. The Hall–Kier alpha value is -3.42. The molecule has 8 heteroatoms. The molecule has 0 spiro atoms. The molecule has 0 saturated carbocycles. The normalized spacial score (nSPS) is 10.0. The molecule has 0 bridgehead atoms. The molecule has 0 aromatic heterocycles. The number of nitrogens with zero attached hydrogens (tertiary/aromatic N) is 1. The van der Waals surface area contributed by atoms with Crippen LogP contribution in [0.25, 0.3) is 0 Å². The van der Waals surface area contributed by atoms with Gasteiger partial charge in [-0.15, -0.1) is 0 Å². The number of nitrogens with one attached hydrogen (secondary N) is 2. The highest BCUT2D eigenvalue weighted by Crippen LogP contribution is 2.28. The van der Waals surface area contributed by atoms with Gasteiger partial charge < -0.3 is 15.4 Å². The fourth-order valence-corrected chi connectivity index (χ4v) is 2.16. The Bertz CT molecular complexity index is 820. The van der Waals surface area contributed by atoms with Crippen molar-refractivity contribution < 1.29 is 19.2 Å². The molecule has 0 fully saturated rings. The highest BCUT2D eigenvalue weighted by Gasteiger charge is 2.19. The van der Waals surface area contributed by atoms with Gasteiger partial charge in [0.1, 0.15) is 0 Å². The molecule has 0 atom stereocenters. The largest absolute Gasteiger partial charge is 0.487 e. The van der Waals surface area contributed by atoms with Gasteiger partial charge >= 0.3 is 5.69 Å². The number of nitro benzene ring substituents is 1. The zero-order valence-electron chi connectivity index (χ0n) is 13.7. The van der Waals surface area contributed by atoms with Crippen LogP contribution < -0.4 is 15.4 Å². The lowest BCUT2D eigenvalue weighted by Crippen LogP contribution is -2.18. The smallest absolute Gasteiger partial charge is 0.311 e. The predicted molar refractivity (Wildman–Crippen MR) is 92.1 cm³/mol. The average Bonchev–Trinajstić information content (AvgIpc) is 2.61. The van der Waals surface area contributed by atoms with E-state index in [0.29, 0.717) is 11.3 Å². The van der Waals surface area contributed by atoms with Gasteiger partial charge in [0, 0.05) is 29.9 Å². The van der Waals surface area contributed by atoms with Gasteiger partial charge in [-0.05, 0) is 37.3 Å². The summed E-state index contributed by atoms with van der Waals surface area (Å²) in [6.45, 7) is 1.99. The van der Waals surface area contributed by atoms with Crippen LogP contribution in [0.1, 0.15) is 27.6 Å². The van der Waals surface area contributed by atoms with Crippen LogP contribution in [0.4, 0.5) is 11.4 Å². The number of carbonyl (C=O) groups excluding carboxylic acids is 2. The number of nitro groups is 1. The maximum atomic E-state index is 12.3. The number of hydrogen-bond acceptors (Lipinski definition) is 5. The third-order valence-corrected chi connectivity index (χ3v) is 3.33. The van der Waals surface area contributed by atoms with E-state index in [0.717, 1.165) is 6.07 Å². The molecule has 8 nitrogen and oxygen atoms in total. The molecule has 0 aliphatic heterocycles. The van der Waals surface area contributed by atoms with Crippen molar-refractivity contribution >= 4 is 23.2 Å². The second-order valence-electron chi connectivity index (χ2n) is 4.99. The number of hydrogen-bond donors (Lipinski definition) is 2. The SMILES string of the molecule is CCOc1ccc(C(=O)Nc2cccc(C(=O)NC)c2)cc1[N+](=O)[O-]. The quantitative estimate of drug-likeness (QED) is 0.619. The monoisotopic (exact) mass is 343 g/mol. The maximum absolute atomic E-state index is 12.3. The van der Waals surface area contributed by atoms with Crippen molar-refractivity contribution in [1.82, 2.24) is 5.32 Å². The standard InChI is InChI=1S/C17H17N3O5/c1-3-25-15-8-7-12(10-14(15)20(23)24)17(22)19-13-6-4-5-11(9-13)16(21)18-2/h4-10H,3H2,1-2H3,(H,18,21)(H,19,22). The Balaban J connectivity index is 2.25. The summed E-state index contributed by atoms with van der Waals surface area (Å²) in [5.41, 5.74) is 0.620. The first-order valence-corrected chi connectivity index (χ1v) is 7.51. The van der Waals surface area contributed by atoms with Crippen LogP contribution in [0.15, 0.2) is 42.5 Å². The Kier molecular flexibility index (Phi) is 5.67. The second-order valence-corrected chi connectivity index (χ2v) is 4.99. The number of rotatable bonds is 6. The van der Waals surface area contributed by atoms with E-state index in [1.807, 2.05) is 0 Å². The topological polar surface area (TPSA) is 111 Å². The van der Waals surface area contributed by atoms with E-state index in [1.165, 1.54) is 25.2 Å². The van der Waals surface area contributed by atoms with Crippen molar-refractivity contribution in [3.05, 3.63) is 63.7 Å². The minimum Gasteiger partial charge on any atom is -0.487 e. The van der Waals surface area contributed by atoms with E-state index in [9.17, 15) is 19.7 Å². The van der Waals surface area contributed by atoms with Gasteiger partial charge in [0.05, 0.1) is 11.5 Å². The van der Waals surface area contributed by atoms with Crippen LogP contribution in [0, 0.1) is 10.1 Å². The first-order chi connectivity index (χ1) is 12.0. The zero-order valence-corrected chi connectivity index (χ0v) is 13.7. The molecule has 0 saturated heterocycles. The molecule has 2 aromatic carbocycles. The molecule has 130 valence electrons. The molecule has 0 heterocycles. The lowest BCUT2D eigenvalue weighted by molar-refractivity contribution is -0.385. The van der Waals surface area contributed by atoms with Crippen molar-refractivity contribution in [2.45, 2.75) is 6.92 Å². The lowest BCUT2D eigenvalue weighted by Gasteiger charge is -2.09. The highest BCUT2D eigenvalue weighted by atomic mass is 16.6. The van der Waals surface area contributed by atoms with Gasteiger partial charge in [-0.1, -0.05) is 6.07 Å². The summed E-state index contributed by atoms with van der Waals surface area (Å²) in [4.78, 5) is 34.5. The number of amides is 2. The van der Waals surface area contributed by atoms with Crippen molar-refractivity contribution in [3.63, 3.8) is 0 Å². The lowest BCUT2D eigenvalue weighted by atomic mass is 10.1. The summed E-state index contributed by atoms with van der Waals surface area (Å²) in [7, 11) is 1.51. The summed E-state index contributed by atoms with van der Waals surface area (Å²) >= 11 is 0. The summed E-state index contributed by atoms with van der Waals surface area (Å²) in [6, 6.07) is 10.3. The third kappa shape index (κ3) is 4.31. The van der Waals surface area contributed by atoms with Crippen molar-refractivity contribution in [2.75, 3.05) is 19.0 Å². The van der Waals surface area contributed by atoms with E-state index in [-0.39, 0.29) is 29.5 Å². The Morgan fingerprint density at radius 1 is 1.12 bits per heavy atom. The van der Waals surface area contributed by atoms with E-state index < -0.39 is 10.8 Å². The van der Waals surface area contributed by atoms with Gasteiger partial charge in [-0.25, -0.2) is 0 Å². The summed E-state index contributed by atoms with van der Waals surface area (Å²) < 4.78 is 5.19. The average molecular weight is 343 g/mol. The highest BCUT2D eigenvalue weighted by molar-refractivity contribution is 6.05. The first-order valence-electron chi connectivity index (χ1n) is 7.51. The summed E-state index contributed by atoms with van der Waals surface area (Å²) in [6.07, 6.45) is 0. The summed E-state index contributed by atoms with van der Waals surface area (Å²) in [5, 5.41) is 16.2. The first kappa shape index (κ1) is 17.9. The summed E-state index contributed by atoms with van der Waals surface area (Å²) in [5.74, 6) is -0.710. The van der Waals surface area contributed by atoms with Crippen molar-refractivity contribution in [1.29, 1.82) is 0 Å². The minimum absolute atomic E-state index is 0.102. The number of anilines is 1. The Labute approximate surface area is 144 Å². The van der Waals surface area contributed by atoms with E-state index in [1.54, 1.807) is 25.1 Å². The molecular weight excluding hydrogens is 326 g/mol. The number of ether oxygens (including phenoxy) is 1. The molecule has 0 unspecified atom stereocenters. The molecule has 2 rings (SSSR count). The fourth-order valence-electron chi connectivity index (χ4n) is 2.16. The fraction of sp³-hybridized carbons (Fsp3) is 0.176. The molecule has 2 aromatic rings. The van der Waals surface area contributed by atoms with Gasteiger partial charge in [0.2, 0.25) is 0 Å². The molecule has 0 aliphatic rings. The van der Waals surface area contributed by atoms with Crippen LogP contribution in [0.2, 0.25) is 0 Å². The van der Waals surface area contributed by atoms with E-state index in [4.69, 9.17) is 4.74 Å². The van der Waals surface area contributed by atoms with Gasteiger partial charge in [-0.2, -0.15) is 0 Å². The molecule has 25 heavy (non-hydrogen) atoms. The second kappa shape index (κ2) is 7.91. The molecular formula is C17H17N3O5. The van der Waals surface area contributed by atoms with E-state index >= 15 is 0 Å². The number of benzene rings is 2. The Morgan fingerprint density at radius 2 is 1.84 bits per heavy atom. The van der Waals surface area contributed by atoms with Gasteiger partial charge in [0.25, 0.3) is 11.8 Å². The van der Waals surface area contributed by atoms with Crippen molar-refractivity contribution in [2.24, 2.45) is 0 Å². The van der Waals surface area contributed by atoms with Crippen LogP contribution in [0.3, 0.4) is 0 Å². The van der Waals surface area contributed by atoms with Gasteiger partial charge in [-0.3, -0.25) is 19.7 Å². The molecule has 2 amide bonds. The van der Waals surface area contributed by atoms with E-state index in [2.05, 4.69) is 10.6 Å². The van der Waals surface area contributed by atoms with Crippen LogP contribution in [-0.2, 0) is 0 Å². The molecule has 0 radical (unpaired) electrons. The minimum atomic E-state index is -0.603. The van der Waals surface area contributed by atoms with Gasteiger partial charge in [0.15, 0.2) is 5.75 Å². The van der Waals surface area contributed by atoms with Crippen LogP contribution in [0.5, 0.6) is 5.75 Å². The number of carbonyl (C=O) groups is 2. The third-order valence-electron chi connectivity index (χ3n) is 3.33. The maximum Gasteiger partial charge on any atom is 0.311 e. The van der Waals surface area contributed by atoms with Crippen LogP contribution >= 0.6 is 0 Å². The molecule has 2 N–H and O–H groups in total. The van der Waals surface area contributed by atoms with Crippen LogP contribution in [-0.4, -0.2) is 30.4 Å². The Morgan fingerprint density at radius 3 is 2.48 bits per heavy atom. The zero-order chi connectivity index (χ0) is 18.4. The molecule has 0 aliphatic carbocycles. The van der Waals surface area contributed by atoms with Crippen molar-refractivity contribution in [3.8, 4) is 5.75 Å².